The van der Waals surface area contributed by atoms with Gasteiger partial charge >= 0.3 is 0 Å². The van der Waals surface area contributed by atoms with Crippen LogP contribution in [0.15, 0.2) is 42.6 Å². The number of nitriles is 1. The van der Waals surface area contributed by atoms with Crippen LogP contribution in [-0.2, 0) is 11.2 Å². The molecular formula is C15H14N2O2. The Morgan fingerprint density at radius 3 is 2.42 bits per heavy atom. The van der Waals surface area contributed by atoms with Crippen molar-refractivity contribution in [2.75, 3.05) is 13.7 Å². The summed E-state index contributed by atoms with van der Waals surface area (Å²) in [7, 11) is 1.69. The number of aromatic nitrogens is 1. The number of ether oxygens (including phenoxy) is 2. The molecule has 1 aromatic heterocycles. The van der Waals surface area contributed by atoms with E-state index in [9.17, 15) is 0 Å². The summed E-state index contributed by atoms with van der Waals surface area (Å²) < 4.78 is 10.7. The highest BCUT2D eigenvalue weighted by molar-refractivity contribution is 5.33. The van der Waals surface area contributed by atoms with Crippen molar-refractivity contribution in [3.63, 3.8) is 0 Å². The predicted octanol–water partition coefficient (Wildman–Crippen LogP) is 2.93. The molecule has 0 aliphatic heterocycles. The van der Waals surface area contributed by atoms with Crippen molar-refractivity contribution in [2.24, 2.45) is 0 Å². The second kappa shape index (κ2) is 6.53. The molecule has 0 aliphatic carbocycles. The van der Waals surface area contributed by atoms with Crippen LogP contribution in [0.5, 0.6) is 11.5 Å². The largest absolute Gasteiger partial charge is 0.456 e. The fourth-order valence-corrected chi connectivity index (χ4v) is 1.59. The molecule has 1 heterocycles. The first-order chi connectivity index (χ1) is 9.31. The molecule has 0 radical (unpaired) electrons. The van der Waals surface area contributed by atoms with E-state index in [0.717, 1.165) is 12.2 Å². The Morgan fingerprint density at radius 1 is 1.11 bits per heavy atom. The molecule has 2 aromatic rings. The predicted molar refractivity (Wildman–Crippen MR) is 71.0 cm³/mol. The van der Waals surface area contributed by atoms with Crippen LogP contribution in [0, 0.1) is 11.3 Å². The van der Waals surface area contributed by atoms with Crippen molar-refractivity contribution in [3.05, 3.63) is 53.9 Å². The molecule has 0 unspecified atom stereocenters. The maximum atomic E-state index is 8.66. The molecule has 1 aromatic carbocycles. The number of methoxy groups -OCH3 is 1. The van der Waals surface area contributed by atoms with Gasteiger partial charge in [-0.05, 0) is 36.2 Å². The molecule has 4 nitrogen and oxygen atoms in total. The number of nitrogens with zero attached hydrogens (tertiary/aromatic N) is 2. The molecule has 0 spiro atoms. The van der Waals surface area contributed by atoms with Gasteiger partial charge < -0.3 is 9.47 Å². The third-order valence-corrected chi connectivity index (χ3v) is 2.60. The molecule has 19 heavy (non-hydrogen) atoms. The van der Waals surface area contributed by atoms with E-state index in [-0.39, 0.29) is 0 Å². The van der Waals surface area contributed by atoms with E-state index in [4.69, 9.17) is 14.7 Å². The van der Waals surface area contributed by atoms with Gasteiger partial charge in [-0.2, -0.15) is 5.26 Å². The third kappa shape index (κ3) is 3.80. The van der Waals surface area contributed by atoms with Gasteiger partial charge in [0.2, 0.25) is 0 Å². The fraction of sp³-hybridized carbons (Fsp3) is 0.200. The molecule has 0 N–H and O–H groups in total. The Kier molecular flexibility index (Phi) is 4.49. The van der Waals surface area contributed by atoms with Gasteiger partial charge in [-0.3, -0.25) is 0 Å². The normalized spacial score (nSPS) is 9.89. The highest BCUT2D eigenvalue weighted by Gasteiger charge is 1.99. The number of benzene rings is 1. The van der Waals surface area contributed by atoms with Crippen LogP contribution in [-0.4, -0.2) is 18.7 Å². The minimum Gasteiger partial charge on any atom is -0.456 e. The van der Waals surface area contributed by atoms with Crippen LogP contribution in [0.2, 0.25) is 0 Å². The Morgan fingerprint density at radius 2 is 1.84 bits per heavy atom. The van der Waals surface area contributed by atoms with Crippen molar-refractivity contribution >= 4 is 0 Å². The van der Waals surface area contributed by atoms with Gasteiger partial charge in [-0.25, -0.2) is 4.98 Å². The molecule has 4 heteroatoms. The van der Waals surface area contributed by atoms with Crippen molar-refractivity contribution in [1.29, 1.82) is 5.26 Å². The summed E-state index contributed by atoms with van der Waals surface area (Å²) in [5.74, 6) is 1.36. The number of rotatable bonds is 5. The van der Waals surface area contributed by atoms with E-state index in [1.807, 2.05) is 30.3 Å². The van der Waals surface area contributed by atoms with E-state index in [1.165, 1.54) is 11.8 Å². The summed E-state index contributed by atoms with van der Waals surface area (Å²) >= 11 is 0. The minimum atomic E-state index is 0.377. The highest BCUT2D eigenvalue weighted by atomic mass is 16.5. The lowest BCUT2D eigenvalue weighted by molar-refractivity contribution is 0.202. The van der Waals surface area contributed by atoms with Crippen LogP contribution in [0.4, 0.5) is 0 Å². The average Bonchev–Trinajstić information content (AvgIpc) is 2.47. The number of hydrogen-bond acceptors (Lipinski definition) is 4. The van der Waals surface area contributed by atoms with Crippen molar-refractivity contribution in [3.8, 4) is 17.6 Å². The van der Waals surface area contributed by atoms with Crippen LogP contribution in [0.1, 0.15) is 11.3 Å². The Balaban J connectivity index is 2.00. The van der Waals surface area contributed by atoms with Gasteiger partial charge in [-0.15, -0.1) is 0 Å². The number of pyridine rings is 1. The van der Waals surface area contributed by atoms with Gasteiger partial charge in [0.25, 0.3) is 0 Å². The maximum absolute atomic E-state index is 8.66. The Hall–Kier alpha value is -2.38. The first kappa shape index (κ1) is 13.1. The first-order valence-electron chi connectivity index (χ1n) is 5.93. The van der Waals surface area contributed by atoms with Crippen LogP contribution in [0.25, 0.3) is 0 Å². The summed E-state index contributed by atoms with van der Waals surface area (Å²) in [6.07, 6.45) is 2.42. The monoisotopic (exact) mass is 254 g/mol. The molecule has 0 fully saturated rings. The molecule has 0 bridgehead atoms. The van der Waals surface area contributed by atoms with E-state index in [2.05, 4.69) is 4.98 Å². The zero-order valence-corrected chi connectivity index (χ0v) is 10.7. The third-order valence-electron chi connectivity index (χ3n) is 2.60. The molecule has 0 atom stereocenters. The van der Waals surface area contributed by atoms with E-state index in [1.54, 1.807) is 19.2 Å². The van der Waals surface area contributed by atoms with Gasteiger partial charge in [0.15, 0.2) is 0 Å². The molecular weight excluding hydrogens is 240 g/mol. The topological polar surface area (TPSA) is 55.1 Å². The lowest BCUT2D eigenvalue weighted by Crippen LogP contribution is -1.94. The van der Waals surface area contributed by atoms with Crippen LogP contribution < -0.4 is 4.74 Å². The highest BCUT2D eigenvalue weighted by Crippen LogP contribution is 2.21. The summed E-state index contributed by atoms with van der Waals surface area (Å²) in [5.41, 5.74) is 1.58. The summed E-state index contributed by atoms with van der Waals surface area (Å²) in [6, 6.07) is 13.1. The zero-order valence-electron chi connectivity index (χ0n) is 10.7. The second-order valence-corrected chi connectivity index (χ2v) is 3.98. The Labute approximate surface area is 112 Å². The Bertz CT molecular complexity index is 556. The summed E-state index contributed by atoms with van der Waals surface area (Å²) in [5, 5.41) is 8.66. The minimum absolute atomic E-state index is 0.377. The van der Waals surface area contributed by atoms with Crippen molar-refractivity contribution in [1.82, 2.24) is 4.98 Å². The fourth-order valence-electron chi connectivity index (χ4n) is 1.59. The summed E-state index contributed by atoms with van der Waals surface area (Å²) in [4.78, 5) is 3.95. The molecule has 0 saturated heterocycles. The van der Waals surface area contributed by atoms with E-state index in [0.29, 0.717) is 18.1 Å². The maximum Gasteiger partial charge on any atom is 0.145 e. The average molecular weight is 254 g/mol. The van der Waals surface area contributed by atoms with E-state index < -0.39 is 0 Å². The van der Waals surface area contributed by atoms with Gasteiger partial charge in [0.1, 0.15) is 23.3 Å². The van der Waals surface area contributed by atoms with E-state index >= 15 is 0 Å². The van der Waals surface area contributed by atoms with Gasteiger partial charge in [0, 0.05) is 7.11 Å². The summed E-state index contributed by atoms with van der Waals surface area (Å²) in [6.45, 7) is 0.708. The number of hydrogen-bond donors (Lipinski definition) is 0. The van der Waals surface area contributed by atoms with Crippen LogP contribution in [0.3, 0.4) is 0 Å². The molecule has 96 valence electrons. The lowest BCUT2D eigenvalue weighted by atomic mass is 10.1. The first-order valence-corrected chi connectivity index (χ1v) is 5.93. The zero-order chi connectivity index (χ0) is 13.5. The standard InChI is InChI=1S/C15H14N2O2/c1-18-9-8-12-2-5-14(6-3-12)19-15-7-4-13(10-16)17-11-15/h2-7,11H,8-9H2,1H3. The van der Waals surface area contributed by atoms with Gasteiger partial charge in [0.05, 0.1) is 12.8 Å². The smallest absolute Gasteiger partial charge is 0.145 e. The molecule has 0 amide bonds. The van der Waals surface area contributed by atoms with Crippen molar-refractivity contribution in [2.45, 2.75) is 6.42 Å². The SMILES string of the molecule is COCCc1ccc(Oc2ccc(C#N)nc2)cc1. The molecule has 2 rings (SSSR count). The molecule has 0 aliphatic rings. The quantitative estimate of drug-likeness (QED) is 0.823. The lowest BCUT2D eigenvalue weighted by Gasteiger charge is -2.06. The van der Waals surface area contributed by atoms with Gasteiger partial charge in [-0.1, -0.05) is 12.1 Å². The van der Waals surface area contributed by atoms with Crippen LogP contribution >= 0.6 is 0 Å². The van der Waals surface area contributed by atoms with Crippen molar-refractivity contribution < 1.29 is 9.47 Å². The second-order valence-electron chi connectivity index (χ2n) is 3.98. The molecule has 0 saturated carbocycles.